The van der Waals surface area contributed by atoms with Crippen LogP contribution in [-0.2, 0) is 6.42 Å². The third-order valence-electron chi connectivity index (χ3n) is 3.41. The van der Waals surface area contributed by atoms with Gasteiger partial charge in [-0.05, 0) is 38.6 Å². The van der Waals surface area contributed by atoms with Crippen molar-refractivity contribution in [2.45, 2.75) is 19.4 Å². The number of para-hydroxylation sites is 1. The quantitative estimate of drug-likeness (QED) is 0.855. The van der Waals surface area contributed by atoms with E-state index in [1.165, 1.54) is 6.07 Å². The fraction of sp³-hybridized carbons (Fsp3) is 0.294. The van der Waals surface area contributed by atoms with E-state index < -0.39 is 0 Å². The molecule has 0 heterocycles. The summed E-state index contributed by atoms with van der Waals surface area (Å²) >= 11 is 6.12. The lowest BCUT2D eigenvalue weighted by Gasteiger charge is -2.20. The molecule has 2 nitrogen and oxygen atoms in total. The summed E-state index contributed by atoms with van der Waals surface area (Å²) in [5.74, 6) is 0.531. The Bertz CT molecular complexity index is 583. The van der Waals surface area contributed by atoms with E-state index in [1.54, 1.807) is 12.1 Å². The maximum atomic E-state index is 14.0. The summed E-state index contributed by atoms with van der Waals surface area (Å²) in [6, 6.07) is 12.5. The van der Waals surface area contributed by atoms with Gasteiger partial charge in [-0.25, -0.2) is 4.39 Å². The van der Waals surface area contributed by atoms with Gasteiger partial charge < -0.3 is 10.1 Å². The molecule has 0 aliphatic carbocycles. The van der Waals surface area contributed by atoms with Crippen LogP contribution in [0.3, 0.4) is 0 Å². The van der Waals surface area contributed by atoms with Crippen molar-refractivity contribution < 1.29 is 9.13 Å². The van der Waals surface area contributed by atoms with Crippen LogP contribution in [0.1, 0.15) is 24.1 Å². The van der Waals surface area contributed by atoms with Gasteiger partial charge in [0, 0.05) is 22.2 Å². The third-order valence-corrected chi connectivity index (χ3v) is 3.77. The maximum Gasteiger partial charge on any atom is 0.127 e. The molecule has 1 unspecified atom stereocenters. The zero-order valence-electron chi connectivity index (χ0n) is 12.2. The third kappa shape index (κ3) is 3.74. The Kier molecular flexibility index (Phi) is 5.59. The largest absolute Gasteiger partial charge is 0.494 e. The zero-order chi connectivity index (χ0) is 15.2. The van der Waals surface area contributed by atoms with Gasteiger partial charge in [0.2, 0.25) is 0 Å². The molecule has 0 radical (unpaired) electrons. The number of rotatable bonds is 6. The van der Waals surface area contributed by atoms with Crippen molar-refractivity contribution in [2.24, 2.45) is 0 Å². The highest BCUT2D eigenvalue weighted by Crippen LogP contribution is 2.30. The lowest BCUT2D eigenvalue weighted by atomic mass is 9.97. The van der Waals surface area contributed by atoms with E-state index >= 15 is 0 Å². The first-order valence-corrected chi connectivity index (χ1v) is 7.37. The van der Waals surface area contributed by atoms with Gasteiger partial charge in [0.1, 0.15) is 11.6 Å². The molecule has 0 spiro atoms. The molecular weight excluding hydrogens is 289 g/mol. The molecule has 2 aromatic rings. The van der Waals surface area contributed by atoms with Crippen LogP contribution in [0.25, 0.3) is 0 Å². The Morgan fingerprint density at radius 2 is 1.95 bits per heavy atom. The second kappa shape index (κ2) is 7.43. The second-order valence-corrected chi connectivity index (χ2v) is 5.12. The van der Waals surface area contributed by atoms with Gasteiger partial charge in [-0.3, -0.25) is 0 Å². The molecule has 0 aromatic heterocycles. The van der Waals surface area contributed by atoms with Gasteiger partial charge in [-0.2, -0.15) is 0 Å². The first kappa shape index (κ1) is 15.8. The van der Waals surface area contributed by atoms with E-state index in [4.69, 9.17) is 16.3 Å². The van der Waals surface area contributed by atoms with Gasteiger partial charge >= 0.3 is 0 Å². The summed E-state index contributed by atoms with van der Waals surface area (Å²) in [4.78, 5) is 0. The smallest absolute Gasteiger partial charge is 0.127 e. The van der Waals surface area contributed by atoms with Gasteiger partial charge in [0.05, 0.1) is 6.61 Å². The van der Waals surface area contributed by atoms with E-state index in [1.807, 2.05) is 38.2 Å². The van der Waals surface area contributed by atoms with Gasteiger partial charge in [-0.15, -0.1) is 0 Å². The maximum absolute atomic E-state index is 14.0. The Morgan fingerprint density at radius 3 is 2.62 bits per heavy atom. The number of hydrogen-bond donors (Lipinski definition) is 1. The standard InChI is InChI=1S/C17H19ClFNO/c1-3-21-17-10-5-4-7-12(17)16(20-2)11-13-14(18)8-6-9-15(13)19/h4-10,16,20H,3,11H2,1-2H3. The minimum atomic E-state index is -0.281. The summed E-state index contributed by atoms with van der Waals surface area (Å²) in [7, 11) is 1.85. The molecular formula is C17H19ClFNO. The zero-order valence-corrected chi connectivity index (χ0v) is 13.0. The molecule has 2 rings (SSSR count). The van der Waals surface area contributed by atoms with E-state index in [2.05, 4.69) is 5.32 Å². The molecule has 21 heavy (non-hydrogen) atoms. The summed E-state index contributed by atoms with van der Waals surface area (Å²) in [6.07, 6.45) is 0.464. The van der Waals surface area contributed by atoms with Crippen LogP contribution in [0.5, 0.6) is 5.75 Å². The molecule has 2 aromatic carbocycles. The van der Waals surface area contributed by atoms with Crippen LogP contribution in [0.4, 0.5) is 4.39 Å². The molecule has 0 saturated heterocycles. The highest BCUT2D eigenvalue weighted by molar-refractivity contribution is 6.31. The first-order chi connectivity index (χ1) is 10.2. The van der Waals surface area contributed by atoms with E-state index in [0.29, 0.717) is 23.6 Å². The highest BCUT2D eigenvalue weighted by atomic mass is 35.5. The number of nitrogens with one attached hydrogen (secondary N) is 1. The molecule has 0 saturated carbocycles. The minimum Gasteiger partial charge on any atom is -0.494 e. The topological polar surface area (TPSA) is 21.3 Å². The monoisotopic (exact) mass is 307 g/mol. The fourth-order valence-corrected chi connectivity index (χ4v) is 2.59. The average molecular weight is 308 g/mol. The van der Waals surface area contributed by atoms with E-state index in [9.17, 15) is 4.39 Å². The fourth-order valence-electron chi connectivity index (χ4n) is 2.35. The Labute approximate surface area is 129 Å². The molecule has 112 valence electrons. The van der Waals surface area contributed by atoms with Crippen LogP contribution in [0.15, 0.2) is 42.5 Å². The second-order valence-electron chi connectivity index (χ2n) is 4.72. The van der Waals surface area contributed by atoms with Gasteiger partial charge in [0.25, 0.3) is 0 Å². The summed E-state index contributed by atoms with van der Waals surface area (Å²) in [6.45, 7) is 2.53. The van der Waals surface area contributed by atoms with Crippen LogP contribution in [-0.4, -0.2) is 13.7 Å². The molecule has 0 amide bonds. The predicted molar refractivity (Wildman–Crippen MR) is 84.5 cm³/mol. The number of hydrogen-bond acceptors (Lipinski definition) is 2. The van der Waals surface area contributed by atoms with E-state index in [0.717, 1.165) is 11.3 Å². The summed E-state index contributed by atoms with van der Waals surface area (Å²) in [5.41, 5.74) is 1.52. The Morgan fingerprint density at radius 1 is 1.19 bits per heavy atom. The molecule has 0 aliphatic rings. The molecule has 0 aliphatic heterocycles. The van der Waals surface area contributed by atoms with Crippen molar-refractivity contribution in [2.75, 3.05) is 13.7 Å². The number of likely N-dealkylation sites (N-methyl/N-ethyl adjacent to an activating group) is 1. The van der Waals surface area contributed by atoms with Crippen molar-refractivity contribution >= 4 is 11.6 Å². The summed E-state index contributed by atoms with van der Waals surface area (Å²) in [5, 5.41) is 3.66. The highest BCUT2D eigenvalue weighted by Gasteiger charge is 2.18. The molecule has 4 heteroatoms. The van der Waals surface area contributed by atoms with Crippen LogP contribution in [0.2, 0.25) is 5.02 Å². The van der Waals surface area contributed by atoms with Crippen molar-refractivity contribution in [3.05, 3.63) is 64.4 Å². The van der Waals surface area contributed by atoms with Crippen molar-refractivity contribution in [1.29, 1.82) is 0 Å². The lowest BCUT2D eigenvalue weighted by molar-refractivity contribution is 0.332. The van der Waals surface area contributed by atoms with Gasteiger partial charge in [0.15, 0.2) is 0 Å². The molecule has 0 fully saturated rings. The van der Waals surface area contributed by atoms with Crippen molar-refractivity contribution in [3.63, 3.8) is 0 Å². The SMILES string of the molecule is CCOc1ccccc1C(Cc1c(F)cccc1Cl)NC. The number of halogens is 2. The van der Waals surface area contributed by atoms with Crippen LogP contribution < -0.4 is 10.1 Å². The van der Waals surface area contributed by atoms with Crippen molar-refractivity contribution in [3.8, 4) is 5.75 Å². The predicted octanol–water partition coefficient (Wildman–Crippen LogP) is 4.38. The van der Waals surface area contributed by atoms with Crippen LogP contribution >= 0.6 is 11.6 Å². The number of ether oxygens (including phenoxy) is 1. The number of benzene rings is 2. The molecule has 0 bridgehead atoms. The lowest BCUT2D eigenvalue weighted by Crippen LogP contribution is -2.20. The average Bonchev–Trinajstić information content (AvgIpc) is 2.48. The van der Waals surface area contributed by atoms with Crippen molar-refractivity contribution in [1.82, 2.24) is 5.32 Å². The normalized spacial score (nSPS) is 12.2. The Balaban J connectivity index is 2.32. The summed E-state index contributed by atoms with van der Waals surface area (Å²) < 4.78 is 19.6. The Hall–Kier alpha value is -1.58. The molecule has 1 atom stereocenters. The minimum absolute atomic E-state index is 0.0675. The van der Waals surface area contributed by atoms with E-state index in [-0.39, 0.29) is 11.9 Å². The first-order valence-electron chi connectivity index (χ1n) is 6.99. The van der Waals surface area contributed by atoms with Gasteiger partial charge in [-0.1, -0.05) is 35.9 Å². The van der Waals surface area contributed by atoms with Crippen LogP contribution in [0, 0.1) is 5.82 Å². The molecule has 1 N–H and O–H groups in total.